The molecule has 0 saturated heterocycles. The molecule has 0 unspecified atom stereocenters. The van der Waals surface area contributed by atoms with Crippen LogP contribution in [0.2, 0.25) is 0 Å². The summed E-state index contributed by atoms with van der Waals surface area (Å²) in [6.45, 7) is 1.45. The van der Waals surface area contributed by atoms with Gasteiger partial charge in [0.2, 0.25) is 0 Å². The van der Waals surface area contributed by atoms with Crippen molar-refractivity contribution in [3.8, 4) is 17.2 Å². The Kier molecular flexibility index (Phi) is 6.79. The van der Waals surface area contributed by atoms with Gasteiger partial charge in [-0.1, -0.05) is 6.07 Å². The van der Waals surface area contributed by atoms with Gasteiger partial charge in [-0.15, -0.1) is 0 Å². The third-order valence-corrected chi connectivity index (χ3v) is 4.80. The van der Waals surface area contributed by atoms with Crippen LogP contribution >= 0.6 is 0 Å². The van der Waals surface area contributed by atoms with Crippen LogP contribution in [0.3, 0.4) is 0 Å². The van der Waals surface area contributed by atoms with E-state index in [1.54, 1.807) is 41.3 Å². The van der Waals surface area contributed by atoms with E-state index in [4.69, 9.17) is 14.2 Å². The molecule has 3 rings (SSSR count). The largest absolute Gasteiger partial charge is 0.496 e. The van der Waals surface area contributed by atoms with Crippen molar-refractivity contribution in [1.29, 1.82) is 0 Å². The van der Waals surface area contributed by atoms with Crippen molar-refractivity contribution in [2.75, 3.05) is 58.2 Å². The Morgan fingerprint density at radius 1 is 1.17 bits per heavy atom. The molecule has 0 saturated carbocycles. The SMILES string of the molecule is COc1cccc(OC)c1C(=O)Nc1ccc2c(c1)N(CCCN(C)C)C(=O)CO2. The molecule has 0 fully saturated rings. The van der Waals surface area contributed by atoms with Gasteiger partial charge < -0.3 is 29.3 Å². The molecule has 30 heavy (non-hydrogen) atoms. The number of anilines is 2. The van der Waals surface area contributed by atoms with E-state index in [9.17, 15) is 9.59 Å². The van der Waals surface area contributed by atoms with Gasteiger partial charge in [0.15, 0.2) is 6.61 Å². The van der Waals surface area contributed by atoms with Gasteiger partial charge in [-0.25, -0.2) is 0 Å². The summed E-state index contributed by atoms with van der Waals surface area (Å²) in [5, 5.41) is 2.87. The third-order valence-electron chi connectivity index (χ3n) is 4.80. The molecular formula is C22H27N3O5. The maximum Gasteiger partial charge on any atom is 0.265 e. The molecule has 160 valence electrons. The number of methoxy groups -OCH3 is 2. The fourth-order valence-corrected chi connectivity index (χ4v) is 3.34. The van der Waals surface area contributed by atoms with Gasteiger partial charge in [-0.2, -0.15) is 0 Å². The molecule has 8 heteroatoms. The number of benzene rings is 2. The fraction of sp³-hybridized carbons (Fsp3) is 0.364. The second-order valence-electron chi connectivity index (χ2n) is 7.17. The van der Waals surface area contributed by atoms with Crippen molar-refractivity contribution in [2.24, 2.45) is 0 Å². The summed E-state index contributed by atoms with van der Waals surface area (Å²) < 4.78 is 16.2. The van der Waals surface area contributed by atoms with Gasteiger partial charge in [0.25, 0.3) is 11.8 Å². The first-order chi connectivity index (χ1) is 14.4. The lowest BCUT2D eigenvalue weighted by Gasteiger charge is -2.30. The zero-order valence-electron chi connectivity index (χ0n) is 17.7. The van der Waals surface area contributed by atoms with Crippen LogP contribution in [-0.2, 0) is 4.79 Å². The number of rotatable bonds is 8. The number of hydrogen-bond acceptors (Lipinski definition) is 6. The molecule has 0 aliphatic carbocycles. The Labute approximate surface area is 176 Å². The highest BCUT2D eigenvalue weighted by Gasteiger charge is 2.26. The second-order valence-corrected chi connectivity index (χ2v) is 7.17. The summed E-state index contributed by atoms with van der Waals surface area (Å²) in [5.74, 6) is 0.970. The zero-order valence-corrected chi connectivity index (χ0v) is 17.7. The maximum absolute atomic E-state index is 12.9. The molecule has 0 bridgehead atoms. The van der Waals surface area contributed by atoms with Crippen molar-refractivity contribution in [2.45, 2.75) is 6.42 Å². The molecule has 0 atom stereocenters. The number of carbonyl (C=O) groups is 2. The molecule has 1 N–H and O–H groups in total. The minimum atomic E-state index is -0.369. The van der Waals surface area contributed by atoms with Gasteiger partial charge in [-0.05, 0) is 57.4 Å². The van der Waals surface area contributed by atoms with E-state index in [2.05, 4.69) is 10.2 Å². The summed E-state index contributed by atoms with van der Waals surface area (Å²) in [5.41, 5.74) is 1.49. The Morgan fingerprint density at radius 2 is 1.87 bits per heavy atom. The van der Waals surface area contributed by atoms with Crippen LogP contribution in [-0.4, -0.2) is 64.7 Å². The van der Waals surface area contributed by atoms with E-state index in [-0.39, 0.29) is 18.4 Å². The number of fused-ring (bicyclic) bond motifs is 1. The average Bonchev–Trinajstić information content (AvgIpc) is 2.74. The van der Waals surface area contributed by atoms with Crippen LogP contribution in [0, 0.1) is 0 Å². The molecule has 8 nitrogen and oxygen atoms in total. The first kappa shape index (κ1) is 21.4. The van der Waals surface area contributed by atoms with Crippen LogP contribution in [0.4, 0.5) is 11.4 Å². The van der Waals surface area contributed by atoms with Crippen molar-refractivity contribution in [3.05, 3.63) is 42.0 Å². The normalized spacial score (nSPS) is 13.0. The minimum Gasteiger partial charge on any atom is -0.496 e. The quantitative estimate of drug-likeness (QED) is 0.717. The summed E-state index contributed by atoms with van der Waals surface area (Å²) in [6.07, 6.45) is 0.827. The smallest absolute Gasteiger partial charge is 0.265 e. The number of amides is 2. The molecule has 2 aromatic carbocycles. The Balaban J connectivity index is 1.85. The highest BCUT2D eigenvalue weighted by atomic mass is 16.5. The van der Waals surface area contributed by atoms with Crippen LogP contribution in [0.5, 0.6) is 17.2 Å². The van der Waals surface area contributed by atoms with Gasteiger partial charge >= 0.3 is 0 Å². The first-order valence-corrected chi connectivity index (χ1v) is 9.69. The predicted octanol–water partition coefficient (Wildman–Crippen LogP) is 2.63. The number of hydrogen-bond donors (Lipinski definition) is 1. The Morgan fingerprint density at radius 3 is 2.50 bits per heavy atom. The van der Waals surface area contributed by atoms with Crippen LogP contribution < -0.4 is 24.4 Å². The van der Waals surface area contributed by atoms with E-state index in [0.29, 0.717) is 40.7 Å². The van der Waals surface area contributed by atoms with Gasteiger partial charge in [0, 0.05) is 12.2 Å². The lowest BCUT2D eigenvalue weighted by atomic mass is 10.1. The standard InChI is InChI=1S/C22H27N3O5/c1-24(2)11-6-12-25-16-13-15(9-10-17(16)30-14-20(25)26)23-22(27)21-18(28-3)7-5-8-19(21)29-4/h5,7-10,13H,6,11-12,14H2,1-4H3,(H,23,27). The van der Waals surface area contributed by atoms with E-state index >= 15 is 0 Å². The molecule has 2 aromatic rings. The first-order valence-electron chi connectivity index (χ1n) is 9.69. The van der Waals surface area contributed by atoms with Crippen LogP contribution in [0.15, 0.2) is 36.4 Å². The summed E-state index contributed by atoms with van der Waals surface area (Å²) in [7, 11) is 6.99. The van der Waals surface area contributed by atoms with E-state index in [1.165, 1.54) is 14.2 Å². The number of carbonyl (C=O) groups excluding carboxylic acids is 2. The van der Waals surface area contributed by atoms with Crippen molar-refractivity contribution >= 4 is 23.2 Å². The fourth-order valence-electron chi connectivity index (χ4n) is 3.34. The molecule has 2 amide bonds. The van der Waals surface area contributed by atoms with Gasteiger partial charge in [0.05, 0.1) is 19.9 Å². The number of nitrogens with zero attached hydrogens (tertiary/aromatic N) is 2. The summed E-state index contributed by atoms with van der Waals surface area (Å²) in [4.78, 5) is 29.2. The van der Waals surface area contributed by atoms with E-state index < -0.39 is 0 Å². The lowest BCUT2D eigenvalue weighted by molar-refractivity contribution is -0.121. The van der Waals surface area contributed by atoms with Crippen molar-refractivity contribution in [1.82, 2.24) is 4.90 Å². The molecule has 0 radical (unpaired) electrons. The van der Waals surface area contributed by atoms with Crippen molar-refractivity contribution in [3.63, 3.8) is 0 Å². The third kappa shape index (κ3) is 4.65. The molecule has 1 aliphatic heterocycles. The molecule has 0 aromatic heterocycles. The predicted molar refractivity (Wildman–Crippen MR) is 115 cm³/mol. The van der Waals surface area contributed by atoms with Crippen LogP contribution in [0.1, 0.15) is 16.8 Å². The lowest BCUT2D eigenvalue weighted by Crippen LogP contribution is -2.40. The number of nitrogens with one attached hydrogen (secondary N) is 1. The topological polar surface area (TPSA) is 80.3 Å². The molecule has 1 aliphatic rings. The number of ether oxygens (including phenoxy) is 3. The average molecular weight is 413 g/mol. The molecule has 0 spiro atoms. The summed E-state index contributed by atoms with van der Waals surface area (Å²) >= 11 is 0. The Bertz CT molecular complexity index is 907. The van der Waals surface area contributed by atoms with Crippen LogP contribution in [0.25, 0.3) is 0 Å². The Hall–Kier alpha value is -3.26. The van der Waals surface area contributed by atoms with Gasteiger partial charge in [0.1, 0.15) is 22.8 Å². The summed E-state index contributed by atoms with van der Waals surface area (Å²) in [6, 6.07) is 10.4. The zero-order chi connectivity index (χ0) is 21.7. The minimum absolute atomic E-state index is 0.0130. The van der Waals surface area contributed by atoms with E-state index in [0.717, 1.165) is 13.0 Å². The highest BCUT2D eigenvalue weighted by molar-refractivity contribution is 6.09. The molecule has 1 heterocycles. The van der Waals surface area contributed by atoms with E-state index in [1.807, 2.05) is 14.1 Å². The second kappa shape index (κ2) is 9.49. The highest BCUT2D eigenvalue weighted by Crippen LogP contribution is 2.35. The maximum atomic E-state index is 12.9. The van der Waals surface area contributed by atoms with Gasteiger partial charge in [-0.3, -0.25) is 9.59 Å². The molecular weight excluding hydrogens is 386 g/mol. The monoisotopic (exact) mass is 413 g/mol. The van der Waals surface area contributed by atoms with Crippen molar-refractivity contribution < 1.29 is 23.8 Å².